The van der Waals surface area contributed by atoms with Gasteiger partial charge in [-0.3, -0.25) is 0 Å². The van der Waals surface area contributed by atoms with Crippen LogP contribution < -0.4 is 4.46 Å². The zero-order chi connectivity index (χ0) is 14.2. The van der Waals surface area contributed by atoms with Gasteiger partial charge in [0.2, 0.25) is 0 Å². The molecule has 0 aliphatic carbocycles. The minimum atomic E-state index is 1.21. The zero-order valence-corrected chi connectivity index (χ0v) is 14.2. The number of aryl methyl sites for hydroxylation is 1. The third kappa shape index (κ3) is 4.36. The summed E-state index contributed by atoms with van der Waals surface area (Å²) >= 11 is 3.28. The number of hydrogen-bond donors (Lipinski definition) is 0. The van der Waals surface area contributed by atoms with E-state index in [1.54, 1.807) is 0 Å². The van der Waals surface area contributed by atoms with Crippen LogP contribution in [0.1, 0.15) is 57.4 Å². The van der Waals surface area contributed by atoms with Crippen molar-refractivity contribution in [1.82, 2.24) is 0 Å². The van der Waals surface area contributed by atoms with Gasteiger partial charge in [-0.2, -0.15) is 0 Å². The first-order valence-corrected chi connectivity index (χ1v) is 8.86. The average Bonchev–Trinajstić information content (AvgIpc) is 2.49. The molecule has 0 aliphatic rings. The maximum atomic E-state index is 3.28. The Bertz CT molecular complexity index is 530. The summed E-state index contributed by atoms with van der Waals surface area (Å²) in [6, 6.07) is 13.2. The molecule has 1 heteroatoms. The molecule has 20 heavy (non-hydrogen) atoms. The third-order valence-electron chi connectivity index (χ3n) is 4.01. The van der Waals surface area contributed by atoms with Gasteiger partial charge in [0.1, 0.15) is 0 Å². The average molecular weight is 332 g/mol. The fourth-order valence-electron chi connectivity index (χ4n) is 2.76. The summed E-state index contributed by atoms with van der Waals surface area (Å²) in [6.07, 6.45) is 10.9. The van der Waals surface area contributed by atoms with E-state index in [1.807, 2.05) is 0 Å². The molecule has 0 unspecified atom stereocenters. The van der Waals surface area contributed by atoms with Gasteiger partial charge in [-0.25, -0.2) is 0 Å². The van der Waals surface area contributed by atoms with Gasteiger partial charge in [0, 0.05) is 0 Å². The molecule has 0 heterocycles. The summed E-state index contributed by atoms with van der Waals surface area (Å²) in [5.41, 5.74) is 1.48. The fourth-order valence-corrected chi connectivity index (χ4v) is 3.50. The van der Waals surface area contributed by atoms with Gasteiger partial charge in [-0.1, -0.05) is 0 Å². The van der Waals surface area contributed by atoms with E-state index in [4.69, 9.17) is 0 Å². The van der Waals surface area contributed by atoms with Gasteiger partial charge in [-0.05, 0) is 0 Å². The molecule has 0 spiro atoms. The molecule has 1 radical (unpaired) electrons. The predicted molar refractivity (Wildman–Crippen MR) is 91.0 cm³/mol. The van der Waals surface area contributed by atoms with Crippen molar-refractivity contribution in [2.45, 2.75) is 58.3 Å². The number of rotatable bonds is 8. The van der Waals surface area contributed by atoms with Gasteiger partial charge in [0.15, 0.2) is 0 Å². The predicted octanol–water partition coefficient (Wildman–Crippen LogP) is 4.93. The Balaban J connectivity index is 1.83. The summed E-state index contributed by atoms with van der Waals surface area (Å²) in [5, 5.41) is 2.71. The van der Waals surface area contributed by atoms with Crippen LogP contribution in [0.2, 0.25) is 0 Å². The molecule has 0 nitrogen and oxygen atoms in total. The van der Waals surface area contributed by atoms with Crippen molar-refractivity contribution in [1.29, 1.82) is 0 Å². The standard InChI is InChI=1S/C19H25Se/c1-2-3-4-5-6-7-8-12-17-15-14-16-11-9-10-13-18(16)19(17)20/h9-11,13-15H,2-8,12H2,1H3. The second-order valence-corrected chi connectivity index (χ2v) is 6.50. The summed E-state index contributed by atoms with van der Waals surface area (Å²) in [5.74, 6) is 0. The van der Waals surface area contributed by atoms with E-state index in [1.165, 1.54) is 72.2 Å². The molecule has 2 rings (SSSR count). The second-order valence-electron chi connectivity index (χ2n) is 5.65. The van der Waals surface area contributed by atoms with E-state index in [-0.39, 0.29) is 0 Å². The quantitative estimate of drug-likeness (QED) is 0.475. The topological polar surface area (TPSA) is 0 Å². The molecule has 2 aromatic rings. The summed E-state index contributed by atoms with van der Waals surface area (Å²) in [6.45, 7) is 2.28. The fraction of sp³-hybridized carbons (Fsp3) is 0.474. The molecule has 0 aliphatic heterocycles. The van der Waals surface area contributed by atoms with E-state index < -0.39 is 0 Å². The van der Waals surface area contributed by atoms with Crippen LogP contribution >= 0.6 is 0 Å². The van der Waals surface area contributed by atoms with E-state index >= 15 is 0 Å². The maximum absolute atomic E-state index is 3.28. The van der Waals surface area contributed by atoms with E-state index in [2.05, 4.69) is 59.3 Å². The normalized spacial score (nSPS) is 11.1. The summed E-state index contributed by atoms with van der Waals surface area (Å²) < 4.78 is 1.36. The monoisotopic (exact) mass is 333 g/mol. The van der Waals surface area contributed by atoms with Gasteiger partial charge < -0.3 is 0 Å². The van der Waals surface area contributed by atoms with Crippen LogP contribution in [0, 0.1) is 0 Å². The molecule has 0 saturated carbocycles. The van der Waals surface area contributed by atoms with Crippen LogP contribution in [0.3, 0.4) is 0 Å². The van der Waals surface area contributed by atoms with Crippen LogP contribution in [-0.2, 0) is 6.42 Å². The van der Waals surface area contributed by atoms with Gasteiger partial charge in [-0.15, -0.1) is 0 Å². The van der Waals surface area contributed by atoms with Crippen molar-refractivity contribution in [3.05, 3.63) is 42.0 Å². The van der Waals surface area contributed by atoms with Crippen LogP contribution in [0.25, 0.3) is 10.8 Å². The van der Waals surface area contributed by atoms with Crippen molar-refractivity contribution >= 4 is 31.2 Å². The first kappa shape index (κ1) is 15.6. The van der Waals surface area contributed by atoms with Crippen molar-refractivity contribution < 1.29 is 0 Å². The zero-order valence-electron chi connectivity index (χ0n) is 12.5. The van der Waals surface area contributed by atoms with Gasteiger partial charge in [0.25, 0.3) is 0 Å². The van der Waals surface area contributed by atoms with Crippen molar-refractivity contribution in [2.24, 2.45) is 0 Å². The molecular weight excluding hydrogens is 307 g/mol. The van der Waals surface area contributed by atoms with Crippen LogP contribution in [-0.4, -0.2) is 16.0 Å². The molecule has 0 saturated heterocycles. The molecule has 107 valence electrons. The Labute approximate surface area is 131 Å². The van der Waals surface area contributed by atoms with Crippen molar-refractivity contribution in [3.8, 4) is 0 Å². The molecule has 0 amide bonds. The number of unbranched alkanes of at least 4 members (excludes halogenated alkanes) is 6. The Hall–Kier alpha value is -0.781. The molecule has 0 fully saturated rings. The van der Waals surface area contributed by atoms with Crippen LogP contribution in [0.4, 0.5) is 0 Å². The molecule has 0 atom stereocenters. The molecule has 0 N–H and O–H groups in total. The molecule has 0 aromatic heterocycles. The number of fused-ring (bicyclic) bond motifs is 1. The van der Waals surface area contributed by atoms with Crippen LogP contribution in [0.5, 0.6) is 0 Å². The first-order chi connectivity index (χ1) is 9.83. The first-order valence-electron chi connectivity index (χ1n) is 8.00. The van der Waals surface area contributed by atoms with Crippen molar-refractivity contribution in [2.75, 3.05) is 0 Å². The molecule has 0 bridgehead atoms. The van der Waals surface area contributed by atoms with Gasteiger partial charge >= 0.3 is 131 Å². The second kappa shape index (κ2) is 8.49. The third-order valence-corrected chi connectivity index (χ3v) is 5.02. The van der Waals surface area contributed by atoms with E-state index in [0.29, 0.717) is 0 Å². The number of hydrogen-bond acceptors (Lipinski definition) is 0. The molecule has 2 aromatic carbocycles. The Kier molecular flexibility index (Phi) is 6.63. The van der Waals surface area contributed by atoms with E-state index in [9.17, 15) is 0 Å². The Morgan fingerprint density at radius 1 is 0.800 bits per heavy atom. The van der Waals surface area contributed by atoms with Crippen LogP contribution in [0.15, 0.2) is 36.4 Å². The van der Waals surface area contributed by atoms with Gasteiger partial charge in [0.05, 0.1) is 0 Å². The SMILES string of the molecule is CCCCCCCCCc1ccc2ccccc2c1[Se]. The summed E-state index contributed by atoms with van der Waals surface area (Å²) in [7, 11) is 0. The Morgan fingerprint density at radius 3 is 2.30 bits per heavy atom. The summed E-state index contributed by atoms with van der Waals surface area (Å²) in [4.78, 5) is 0. The van der Waals surface area contributed by atoms with Crippen molar-refractivity contribution in [3.63, 3.8) is 0 Å². The molecular formula is C19H25Se. The van der Waals surface area contributed by atoms with E-state index in [0.717, 1.165) is 0 Å². The number of benzene rings is 2. The Morgan fingerprint density at radius 2 is 1.50 bits per heavy atom. The minimum absolute atomic E-state index is 1.21.